The van der Waals surface area contributed by atoms with Crippen LogP contribution in [0.3, 0.4) is 0 Å². The summed E-state index contributed by atoms with van der Waals surface area (Å²) in [5.74, 6) is -2.55. The highest BCUT2D eigenvalue weighted by atomic mass is 32.1. The average molecular weight is 897 g/mol. The van der Waals surface area contributed by atoms with E-state index in [4.69, 9.17) is 19.4 Å². The fourth-order valence-corrected chi connectivity index (χ4v) is 8.73. The fourth-order valence-electron chi connectivity index (χ4n) is 7.88. The minimum Gasteiger partial charge on any atom is -0.497 e. The Bertz CT molecular complexity index is 2410. The van der Waals surface area contributed by atoms with Crippen LogP contribution in [0, 0.1) is 17.3 Å². The zero-order valence-electron chi connectivity index (χ0n) is 38.1. The average Bonchev–Trinajstić information content (AvgIpc) is 3.51. The van der Waals surface area contributed by atoms with Crippen molar-refractivity contribution in [3.63, 3.8) is 0 Å². The molecule has 0 radical (unpaired) electrons. The number of carbonyl (C=O) groups excluding carboxylic acids is 4. The van der Waals surface area contributed by atoms with E-state index in [1.807, 2.05) is 70.3 Å². The zero-order valence-corrected chi connectivity index (χ0v) is 39.0. The molecule has 1 saturated heterocycles. The van der Waals surface area contributed by atoms with Gasteiger partial charge in [0.2, 0.25) is 11.8 Å². The molecule has 342 valence electrons. The molecule has 2 aliphatic rings. The van der Waals surface area contributed by atoms with E-state index in [1.54, 1.807) is 58.2 Å². The number of hydrogen-bond donors (Lipinski definition) is 5. The molecule has 2 aromatic heterocycles. The van der Waals surface area contributed by atoms with E-state index in [0.717, 1.165) is 10.8 Å². The minimum atomic E-state index is -1.56. The molecule has 4 aromatic rings. The highest BCUT2D eigenvalue weighted by Crippen LogP contribution is 2.45. The predicted molar refractivity (Wildman–Crippen MR) is 248 cm³/mol. The standard InChI is InChI=1S/C47H60N8O8S/c1-12-28-22-47(28,43(59)60)53-41(57)36-20-31(63-37-21-34(35-24-64-45(50-35)48-26(4)5)49-33-19-30(62-11)17-18-32(33)37)23-55(36)42(58)40(46(6,7)8)52-44(61)51-38(25(2)3)39(56)27-13-15-29(16-14-27)54(9)10/h12-19,21,24-26,28,31,36,38,40H,1,20,22-23H2,2-11H3,(H,48,50)(H,53,57)(H,59,60)(H2,51,52,61)/t28?,31-,36+,38?,40-,47-/m1/s1. The van der Waals surface area contributed by atoms with E-state index in [2.05, 4.69) is 27.8 Å². The molecule has 17 heteroatoms. The van der Waals surface area contributed by atoms with E-state index in [9.17, 15) is 29.1 Å². The van der Waals surface area contributed by atoms with E-state index >= 15 is 0 Å². The van der Waals surface area contributed by atoms with Gasteiger partial charge < -0.3 is 45.6 Å². The van der Waals surface area contributed by atoms with Gasteiger partial charge in [0.15, 0.2) is 10.9 Å². The van der Waals surface area contributed by atoms with Crippen LogP contribution in [0.25, 0.3) is 22.3 Å². The Kier molecular flexibility index (Phi) is 13.9. The summed E-state index contributed by atoms with van der Waals surface area (Å²) in [7, 11) is 5.36. The second-order valence-electron chi connectivity index (χ2n) is 18.5. The summed E-state index contributed by atoms with van der Waals surface area (Å²) in [5.41, 5.74) is 0.588. The number of ketones is 1. The number of nitrogens with zero attached hydrogens (tertiary/aromatic N) is 4. The molecule has 6 atom stereocenters. The van der Waals surface area contributed by atoms with Crippen LogP contribution >= 0.6 is 11.3 Å². The predicted octanol–water partition coefficient (Wildman–Crippen LogP) is 6.37. The number of anilines is 2. The van der Waals surface area contributed by atoms with Gasteiger partial charge in [0, 0.05) is 66.6 Å². The van der Waals surface area contributed by atoms with Crippen molar-refractivity contribution in [1.82, 2.24) is 30.8 Å². The first kappa shape index (κ1) is 47.3. The smallest absolute Gasteiger partial charge is 0.330 e. The number of carboxylic acids is 1. The van der Waals surface area contributed by atoms with Gasteiger partial charge in [-0.1, -0.05) is 40.7 Å². The number of aliphatic carboxylic acids is 1. The summed E-state index contributed by atoms with van der Waals surface area (Å²) in [6, 6.07) is 10.4. The third-order valence-corrected chi connectivity index (χ3v) is 12.4. The number of pyridine rings is 1. The first-order valence-electron chi connectivity index (χ1n) is 21.4. The van der Waals surface area contributed by atoms with Crippen LogP contribution < -0.4 is 35.6 Å². The van der Waals surface area contributed by atoms with Gasteiger partial charge in [-0.25, -0.2) is 19.6 Å². The molecule has 3 heterocycles. The fraction of sp³-hybridized carbons (Fsp3) is 0.468. The van der Waals surface area contributed by atoms with Gasteiger partial charge in [0.05, 0.1) is 30.9 Å². The van der Waals surface area contributed by atoms with Crippen LogP contribution in [0.15, 0.2) is 66.6 Å². The van der Waals surface area contributed by atoms with Crippen molar-refractivity contribution in [1.29, 1.82) is 0 Å². The Hall–Kier alpha value is -6.23. The minimum absolute atomic E-state index is 0.0000865. The van der Waals surface area contributed by atoms with Crippen LogP contribution in [0.5, 0.6) is 11.5 Å². The number of amides is 4. The number of ether oxygens (including phenoxy) is 2. The molecular weight excluding hydrogens is 837 g/mol. The maximum atomic E-state index is 14.9. The third-order valence-electron chi connectivity index (χ3n) is 11.6. The summed E-state index contributed by atoms with van der Waals surface area (Å²) in [6.07, 6.45) is 0.885. The molecule has 0 bridgehead atoms. The van der Waals surface area contributed by atoms with Crippen LogP contribution in [-0.2, 0) is 14.4 Å². The number of thiazole rings is 1. The van der Waals surface area contributed by atoms with Crippen LogP contribution in [-0.4, -0.2) is 113 Å². The van der Waals surface area contributed by atoms with Crippen molar-refractivity contribution in [3.8, 4) is 22.9 Å². The molecule has 0 spiro atoms. The number of hydrogen-bond acceptors (Lipinski definition) is 12. The molecule has 1 saturated carbocycles. The molecule has 16 nitrogen and oxygen atoms in total. The highest BCUT2D eigenvalue weighted by Gasteiger charge is 2.61. The summed E-state index contributed by atoms with van der Waals surface area (Å²) in [4.78, 5) is 82.3. The Labute approximate surface area is 378 Å². The lowest BCUT2D eigenvalue weighted by molar-refractivity contribution is -0.146. The first-order valence-corrected chi connectivity index (χ1v) is 22.3. The lowest BCUT2D eigenvalue weighted by Crippen LogP contribution is -2.61. The number of methoxy groups -OCH3 is 1. The summed E-state index contributed by atoms with van der Waals surface area (Å²) >= 11 is 1.44. The van der Waals surface area contributed by atoms with Gasteiger partial charge in [0.25, 0.3) is 0 Å². The maximum absolute atomic E-state index is 14.9. The number of fused-ring (bicyclic) bond motifs is 1. The monoisotopic (exact) mass is 896 g/mol. The number of likely N-dealkylation sites (tertiary alicyclic amines) is 1. The number of nitrogens with one attached hydrogen (secondary N) is 4. The van der Waals surface area contributed by atoms with Crippen molar-refractivity contribution < 1.29 is 38.6 Å². The van der Waals surface area contributed by atoms with Crippen molar-refractivity contribution in [2.75, 3.05) is 38.0 Å². The molecule has 5 N–H and O–H groups in total. The van der Waals surface area contributed by atoms with Crippen LogP contribution in [0.1, 0.15) is 71.7 Å². The Morgan fingerprint density at radius 3 is 2.28 bits per heavy atom. The van der Waals surface area contributed by atoms with Crippen LogP contribution in [0.2, 0.25) is 0 Å². The SMILES string of the molecule is C=CC1C[C@]1(NC(=O)[C@@H]1C[C@@H](Oc2cc(-c3csc(NC(C)C)n3)nc3cc(OC)ccc23)CN1C(=O)[C@@H](NC(=O)NC(C(=O)c1ccc(N(C)C)cc1)C(C)C)C(C)(C)C)C(=O)O. The summed E-state index contributed by atoms with van der Waals surface area (Å²) in [6.45, 7) is 16.7. The van der Waals surface area contributed by atoms with E-state index in [1.165, 1.54) is 22.3 Å². The Balaban J connectivity index is 1.31. The van der Waals surface area contributed by atoms with Crippen molar-refractivity contribution in [2.45, 2.75) is 97.1 Å². The van der Waals surface area contributed by atoms with Crippen molar-refractivity contribution in [2.24, 2.45) is 17.3 Å². The topological polar surface area (TPSA) is 204 Å². The Morgan fingerprint density at radius 1 is 1.00 bits per heavy atom. The maximum Gasteiger partial charge on any atom is 0.330 e. The van der Waals surface area contributed by atoms with E-state index in [0.29, 0.717) is 39.4 Å². The van der Waals surface area contributed by atoms with E-state index in [-0.39, 0.29) is 37.1 Å². The molecule has 2 aromatic carbocycles. The highest BCUT2D eigenvalue weighted by molar-refractivity contribution is 7.14. The summed E-state index contributed by atoms with van der Waals surface area (Å²) in [5, 5.41) is 25.2. The second kappa shape index (κ2) is 18.9. The summed E-state index contributed by atoms with van der Waals surface area (Å²) < 4.78 is 12.2. The number of urea groups is 1. The molecule has 1 aliphatic heterocycles. The quantitative estimate of drug-likeness (QED) is 0.0580. The lowest BCUT2D eigenvalue weighted by Gasteiger charge is -2.36. The third kappa shape index (κ3) is 10.2. The molecule has 2 fully saturated rings. The molecule has 64 heavy (non-hydrogen) atoms. The Morgan fingerprint density at radius 2 is 1.70 bits per heavy atom. The van der Waals surface area contributed by atoms with Crippen molar-refractivity contribution >= 4 is 62.7 Å². The van der Waals surface area contributed by atoms with Crippen LogP contribution in [0.4, 0.5) is 15.6 Å². The van der Waals surface area contributed by atoms with Gasteiger partial charge in [-0.15, -0.1) is 17.9 Å². The van der Waals surface area contributed by atoms with Gasteiger partial charge in [0.1, 0.15) is 40.9 Å². The lowest BCUT2D eigenvalue weighted by atomic mass is 9.85. The number of carbonyl (C=O) groups is 5. The van der Waals surface area contributed by atoms with Gasteiger partial charge in [-0.05, 0) is 68.0 Å². The molecule has 4 amide bonds. The zero-order chi connectivity index (χ0) is 46.8. The molecule has 6 rings (SSSR count). The number of Topliss-reactive ketones (excluding diaryl/α,β-unsaturated/α-hetero) is 1. The normalized spacial score (nSPS) is 20.3. The molecular formula is C47H60N8O8S. The van der Waals surface area contributed by atoms with Gasteiger partial charge >= 0.3 is 12.0 Å². The number of carboxylic acid groups (broad SMARTS) is 1. The van der Waals surface area contributed by atoms with Gasteiger partial charge in [-0.3, -0.25) is 14.4 Å². The number of benzene rings is 2. The first-order chi connectivity index (χ1) is 30.1. The van der Waals surface area contributed by atoms with Gasteiger partial charge in [-0.2, -0.15) is 0 Å². The van der Waals surface area contributed by atoms with E-state index < -0.39 is 64.9 Å². The molecule has 2 unspecified atom stereocenters. The number of aromatic nitrogens is 2. The second-order valence-corrected chi connectivity index (χ2v) is 19.3. The number of rotatable bonds is 17. The molecule has 1 aliphatic carbocycles. The largest absolute Gasteiger partial charge is 0.497 e. The van der Waals surface area contributed by atoms with Crippen molar-refractivity contribution in [3.05, 3.63) is 72.1 Å².